The van der Waals surface area contributed by atoms with Gasteiger partial charge in [0.05, 0.1) is 7.11 Å². The highest BCUT2D eigenvalue weighted by Gasteiger charge is 2.29. The predicted molar refractivity (Wildman–Crippen MR) is 75.6 cm³/mol. The molecule has 2 unspecified atom stereocenters. The van der Waals surface area contributed by atoms with Crippen LogP contribution < -0.4 is 4.74 Å². The monoisotopic (exact) mass is 262 g/mol. The van der Waals surface area contributed by atoms with Crippen molar-refractivity contribution in [2.45, 2.75) is 25.9 Å². The summed E-state index contributed by atoms with van der Waals surface area (Å²) in [6.45, 7) is 5.86. The Morgan fingerprint density at radius 2 is 1.89 bits per heavy atom. The number of carbonyl (C=O) groups excluding carboxylic acids is 1. The smallest absolute Gasteiger partial charge is 0.254 e. The molecule has 0 bridgehead atoms. The maximum atomic E-state index is 12.5. The van der Waals surface area contributed by atoms with Crippen LogP contribution in [0.5, 0.6) is 5.75 Å². The number of ether oxygens (including phenoxy) is 1. The molecule has 1 amide bonds. The van der Waals surface area contributed by atoms with Gasteiger partial charge in [-0.2, -0.15) is 0 Å². The first-order valence-electron chi connectivity index (χ1n) is 6.68. The molecule has 1 aromatic carbocycles. The van der Waals surface area contributed by atoms with Crippen LogP contribution in [0.4, 0.5) is 0 Å². The molecule has 1 heterocycles. The van der Waals surface area contributed by atoms with Crippen molar-refractivity contribution >= 4 is 5.91 Å². The number of methoxy groups -OCH3 is 1. The molecule has 0 aromatic heterocycles. The van der Waals surface area contributed by atoms with Gasteiger partial charge >= 0.3 is 0 Å². The van der Waals surface area contributed by atoms with Crippen molar-refractivity contribution in [3.05, 3.63) is 29.8 Å². The number of nitrogens with zero attached hydrogens (tertiary/aromatic N) is 2. The molecule has 19 heavy (non-hydrogen) atoms. The Balaban J connectivity index is 2.15. The molecule has 104 valence electrons. The summed E-state index contributed by atoms with van der Waals surface area (Å²) in [5, 5.41) is 0. The van der Waals surface area contributed by atoms with Crippen LogP contribution in [0.3, 0.4) is 0 Å². The fraction of sp³-hybridized carbons (Fsp3) is 0.533. The molecule has 4 nitrogen and oxygen atoms in total. The van der Waals surface area contributed by atoms with Crippen LogP contribution in [-0.2, 0) is 0 Å². The van der Waals surface area contributed by atoms with E-state index in [1.807, 2.05) is 23.1 Å². The van der Waals surface area contributed by atoms with Crippen LogP contribution in [0, 0.1) is 0 Å². The third kappa shape index (κ3) is 2.89. The van der Waals surface area contributed by atoms with Gasteiger partial charge in [-0.3, -0.25) is 9.69 Å². The Labute approximate surface area is 115 Å². The minimum Gasteiger partial charge on any atom is -0.497 e. The number of carbonyl (C=O) groups is 1. The normalized spacial score (nSPS) is 24.3. The van der Waals surface area contributed by atoms with Crippen molar-refractivity contribution in [3.8, 4) is 5.75 Å². The van der Waals surface area contributed by atoms with Crippen LogP contribution >= 0.6 is 0 Å². The molecule has 0 aliphatic carbocycles. The molecular weight excluding hydrogens is 240 g/mol. The number of hydrogen-bond donors (Lipinski definition) is 0. The molecule has 2 rings (SSSR count). The molecule has 1 aromatic rings. The van der Waals surface area contributed by atoms with Crippen molar-refractivity contribution in [1.29, 1.82) is 0 Å². The number of hydrogen-bond acceptors (Lipinski definition) is 3. The first-order valence-corrected chi connectivity index (χ1v) is 6.68. The number of benzene rings is 1. The summed E-state index contributed by atoms with van der Waals surface area (Å²) in [5.74, 6) is 0.812. The van der Waals surface area contributed by atoms with Gasteiger partial charge < -0.3 is 9.64 Å². The molecule has 0 saturated carbocycles. The quantitative estimate of drug-likeness (QED) is 0.815. The average Bonchev–Trinajstić information content (AvgIpc) is 2.43. The minimum atomic E-state index is 0.0886. The standard InChI is InChI=1S/C15H22N2O2/c1-11-9-17(10-12(2)16(11)3)15(18)13-6-5-7-14(8-13)19-4/h5-8,11-12H,9-10H2,1-4H3. The van der Waals surface area contributed by atoms with E-state index in [2.05, 4.69) is 25.8 Å². The van der Waals surface area contributed by atoms with Crippen LogP contribution in [0.1, 0.15) is 24.2 Å². The lowest BCUT2D eigenvalue weighted by atomic mass is 10.1. The van der Waals surface area contributed by atoms with Gasteiger partial charge in [-0.05, 0) is 39.1 Å². The van der Waals surface area contributed by atoms with Crippen molar-refractivity contribution in [1.82, 2.24) is 9.80 Å². The summed E-state index contributed by atoms with van der Waals surface area (Å²) in [6.07, 6.45) is 0. The Morgan fingerprint density at radius 3 is 2.47 bits per heavy atom. The van der Waals surface area contributed by atoms with Crippen molar-refractivity contribution in [2.75, 3.05) is 27.2 Å². The van der Waals surface area contributed by atoms with Gasteiger partial charge in [0.2, 0.25) is 0 Å². The van der Waals surface area contributed by atoms with Crippen molar-refractivity contribution in [2.24, 2.45) is 0 Å². The second-order valence-electron chi connectivity index (χ2n) is 5.31. The summed E-state index contributed by atoms with van der Waals surface area (Å²) in [6, 6.07) is 8.13. The number of rotatable bonds is 2. The zero-order valence-corrected chi connectivity index (χ0v) is 12.1. The molecule has 1 aliphatic heterocycles. The SMILES string of the molecule is COc1cccc(C(=O)N2CC(C)N(C)C(C)C2)c1. The van der Waals surface area contributed by atoms with Gasteiger partial charge in [0.1, 0.15) is 5.75 Å². The summed E-state index contributed by atoms with van der Waals surface area (Å²) >= 11 is 0. The molecular formula is C15H22N2O2. The van der Waals surface area contributed by atoms with E-state index in [0.29, 0.717) is 17.6 Å². The Bertz CT molecular complexity index is 449. The van der Waals surface area contributed by atoms with E-state index >= 15 is 0 Å². The first kappa shape index (κ1) is 13.9. The lowest BCUT2D eigenvalue weighted by molar-refractivity contribution is 0.0414. The molecule has 0 spiro atoms. The van der Waals surface area contributed by atoms with Gasteiger partial charge in [-0.15, -0.1) is 0 Å². The lowest BCUT2D eigenvalue weighted by Crippen LogP contribution is -2.56. The Kier molecular flexibility index (Phi) is 4.10. The van der Waals surface area contributed by atoms with Crippen LogP contribution in [-0.4, -0.2) is 55.0 Å². The van der Waals surface area contributed by atoms with E-state index < -0.39 is 0 Å². The fourth-order valence-electron chi connectivity index (χ4n) is 2.51. The summed E-state index contributed by atoms with van der Waals surface area (Å²) < 4.78 is 5.17. The van der Waals surface area contributed by atoms with Crippen molar-refractivity contribution < 1.29 is 9.53 Å². The van der Waals surface area contributed by atoms with Crippen LogP contribution in [0.25, 0.3) is 0 Å². The summed E-state index contributed by atoms with van der Waals surface area (Å²) in [5.41, 5.74) is 0.698. The fourth-order valence-corrected chi connectivity index (χ4v) is 2.51. The summed E-state index contributed by atoms with van der Waals surface area (Å²) in [4.78, 5) is 16.8. The second-order valence-corrected chi connectivity index (χ2v) is 5.31. The van der Waals surface area contributed by atoms with Crippen LogP contribution in [0.15, 0.2) is 24.3 Å². The number of amides is 1. The first-order chi connectivity index (χ1) is 9.02. The van der Waals surface area contributed by atoms with E-state index in [0.717, 1.165) is 18.8 Å². The number of likely N-dealkylation sites (N-methyl/N-ethyl adjacent to an activating group) is 1. The maximum absolute atomic E-state index is 12.5. The Hall–Kier alpha value is -1.55. The average molecular weight is 262 g/mol. The molecule has 1 aliphatic rings. The highest BCUT2D eigenvalue weighted by atomic mass is 16.5. The second kappa shape index (κ2) is 5.61. The molecule has 0 radical (unpaired) electrons. The minimum absolute atomic E-state index is 0.0886. The number of piperazine rings is 1. The highest BCUT2D eigenvalue weighted by Crippen LogP contribution is 2.18. The van der Waals surface area contributed by atoms with Gasteiger partial charge in [0, 0.05) is 30.7 Å². The van der Waals surface area contributed by atoms with Crippen molar-refractivity contribution in [3.63, 3.8) is 0 Å². The highest BCUT2D eigenvalue weighted by molar-refractivity contribution is 5.94. The molecule has 2 atom stereocenters. The third-order valence-electron chi connectivity index (χ3n) is 3.96. The molecule has 0 N–H and O–H groups in total. The van der Waals surface area contributed by atoms with E-state index in [-0.39, 0.29) is 5.91 Å². The van der Waals surface area contributed by atoms with E-state index in [1.165, 1.54) is 0 Å². The van der Waals surface area contributed by atoms with Gasteiger partial charge in [-0.1, -0.05) is 6.07 Å². The van der Waals surface area contributed by atoms with Crippen LogP contribution in [0.2, 0.25) is 0 Å². The van der Waals surface area contributed by atoms with Gasteiger partial charge in [0.15, 0.2) is 0 Å². The predicted octanol–water partition coefficient (Wildman–Crippen LogP) is 1.86. The van der Waals surface area contributed by atoms with Gasteiger partial charge in [-0.25, -0.2) is 0 Å². The van der Waals surface area contributed by atoms with E-state index in [9.17, 15) is 4.79 Å². The Morgan fingerprint density at radius 1 is 1.26 bits per heavy atom. The summed E-state index contributed by atoms with van der Waals surface area (Å²) in [7, 11) is 3.73. The molecule has 4 heteroatoms. The lowest BCUT2D eigenvalue weighted by Gasteiger charge is -2.42. The maximum Gasteiger partial charge on any atom is 0.254 e. The largest absolute Gasteiger partial charge is 0.497 e. The molecule has 1 fully saturated rings. The van der Waals surface area contributed by atoms with E-state index in [1.54, 1.807) is 13.2 Å². The molecule has 1 saturated heterocycles. The van der Waals surface area contributed by atoms with Gasteiger partial charge in [0.25, 0.3) is 5.91 Å². The third-order valence-corrected chi connectivity index (χ3v) is 3.96. The van der Waals surface area contributed by atoms with E-state index in [4.69, 9.17) is 4.74 Å². The topological polar surface area (TPSA) is 32.8 Å². The zero-order valence-electron chi connectivity index (χ0n) is 12.1. The zero-order chi connectivity index (χ0) is 14.0.